The first kappa shape index (κ1) is 29.7. The molecule has 0 aromatic heterocycles. The molecule has 0 saturated heterocycles. The van der Waals surface area contributed by atoms with Crippen LogP contribution in [0.4, 0.5) is 5.69 Å². The van der Waals surface area contributed by atoms with Crippen LogP contribution < -0.4 is 14.4 Å². The lowest BCUT2D eigenvalue weighted by Gasteiger charge is -2.32. The molecule has 1 N–H and O–H groups in total. The van der Waals surface area contributed by atoms with Gasteiger partial charge in [0.25, 0.3) is 10.0 Å². The average molecular weight is 552 g/mol. The maximum atomic E-state index is 14.0. The van der Waals surface area contributed by atoms with Gasteiger partial charge >= 0.3 is 0 Å². The zero-order chi connectivity index (χ0) is 28.6. The zero-order valence-corrected chi connectivity index (χ0v) is 24.0. The van der Waals surface area contributed by atoms with E-state index in [4.69, 9.17) is 4.74 Å². The smallest absolute Gasteiger partial charge is 0.264 e. The van der Waals surface area contributed by atoms with E-state index in [0.717, 1.165) is 27.4 Å². The number of carbonyl (C=O) groups excluding carboxylic acids is 2. The molecule has 208 valence electrons. The number of sulfonamides is 1. The van der Waals surface area contributed by atoms with Crippen LogP contribution in [0.25, 0.3) is 0 Å². The number of anilines is 1. The fraction of sp³-hybridized carbons (Fsp3) is 0.333. The number of aryl methyl sites for hydroxylation is 2. The molecule has 8 nitrogen and oxygen atoms in total. The molecule has 0 bridgehead atoms. The number of methoxy groups -OCH3 is 1. The van der Waals surface area contributed by atoms with Gasteiger partial charge in [-0.05, 0) is 68.1 Å². The van der Waals surface area contributed by atoms with Gasteiger partial charge in [-0.3, -0.25) is 13.9 Å². The van der Waals surface area contributed by atoms with E-state index < -0.39 is 28.5 Å². The third-order valence-electron chi connectivity index (χ3n) is 6.53. The molecule has 3 aromatic rings. The van der Waals surface area contributed by atoms with E-state index in [9.17, 15) is 18.0 Å². The van der Waals surface area contributed by atoms with Gasteiger partial charge in [-0.25, -0.2) is 8.42 Å². The molecule has 39 heavy (non-hydrogen) atoms. The summed E-state index contributed by atoms with van der Waals surface area (Å²) in [5, 5.41) is 2.85. The number of benzene rings is 3. The van der Waals surface area contributed by atoms with E-state index in [0.29, 0.717) is 12.3 Å². The Morgan fingerprint density at radius 2 is 1.64 bits per heavy atom. The van der Waals surface area contributed by atoms with Crippen molar-refractivity contribution in [3.8, 4) is 5.75 Å². The summed E-state index contributed by atoms with van der Waals surface area (Å²) in [6.07, 6.45) is 0.750. The van der Waals surface area contributed by atoms with Gasteiger partial charge in [0.1, 0.15) is 18.3 Å². The Labute approximate surface area is 231 Å². The fourth-order valence-electron chi connectivity index (χ4n) is 4.18. The minimum Gasteiger partial charge on any atom is -0.495 e. The predicted octanol–water partition coefficient (Wildman–Crippen LogP) is 4.45. The van der Waals surface area contributed by atoms with Crippen molar-refractivity contribution >= 4 is 27.5 Å². The largest absolute Gasteiger partial charge is 0.495 e. The van der Waals surface area contributed by atoms with Gasteiger partial charge in [0.2, 0.25) is 11.8 Å². The SMILES string of the molecule is CCCNC(=O)[C@@H](C)N(Cc1ccccc1C)C(=O)CN(c1cc(C)ccc1OC)S(=O)(=O)c1ccccc1. The molecule has 0 aliphatic carbocycles. The van der Waals surface area contributed by atoms with E-state index in [1.807, 2.05) is 51.1 Å². The standard InChI is InChI=1S/C30H37N3O5S/c1-6-18-31-30(35)24(4)32(20-25-13-11-10-12-23(25)3)29(34)21-33(27-19-22(2)16-17-28(27)38-5)39(36,37)26-14-8-7-9-15-26/h7-17,19,24H,6,18,20-21H2,1-5H3,(H,31,35)/t24-/m1/s1. The first-order valence-corrected chi connectivity index (χ1v) is 14.4. The first-order chi connectivity index (χ1) is 18.6. The topological polar surface area (TPSA) is 96.0 Å². The quantitative estimate of drug-likeness (QED) is 0.359. The van der Waals surface area contributed by atoms with Crippen molar-refractivity contribution in [3.63, 3.8) is 0 Å². The van der Waals surface area contributed by atoms with E-state index in [2.05, 4.69) is 5.32 Å². The van der Waals surface area contributed by atoms with E-state index in [1.165, 1.54) is 24.1 Å². The maximum Gasteiger partial charge on any atom is 0.264 e. The van der Waals surface area contributed by atoms with Crippen molar-refractivity contribution < 1.29 is 22.7 Å². The van der Waals surface area contributed by atoms with Crippen molar-refractivity contribution in [2.45, 2.75) is 51.6 Å². The lowest BCUT2D eigenvalue weighted by atomic mass is 10.1. The summed E-state index contributed by atoms with van der Waals surface area (Å²) < 4.78 is 34.5. The number of nitrogens with one attached hydrogen (secondary N) is 1. The number of hydrogen-bond acceptors (Lipinski definition) is 5. The number of rotatable bonds is 12. The summed E-state index contributed by atoms with van der Waals surface area (Å²) in [5.74, 6) is -0.503. The molecule has 0 radical (unpaired) electrons. The van der Waals surface area contributed by atoms with Crippen LogP contribution in [0.5, 0.6) is 5.75 Å². The molecule has 1 atom stereocenters. The Bertz CT molecular complexity index is 1390. The predicted molar refractivity (Wildman–Crippen MR) is 153 cm³/mol. The molecule has 0 spiro atoms. The van der Waals surface area contributed by atoms with Crippen molar-refractivity contribution in [1.29, 1.82) is 0 Å². The highest BCUT2D eigenvalue weighted by atomic mass is 32.2. The Morgan fingerprint density at radius 3 is 2.28 bits per heavy atom. The van der Waals surface area contributed by atoms with Crippen LogP contribution in [0, 0.1) is 13.8 Å². The van der Waals surface area contributed by atoms with Crippen molar-refractivity contribution in [3.05, 3.63) is 89.5 Å². The second-order valence-electron chi connectivity index (χ2n) is 9.42. The highest BCUT2D eigenvalue weighted by Crippen LogP contribution is 2.33. The van der Waals surface area contributed by atoms with Gasteiger partial charge < -0.3 is 15.0 Å². The summed E-state index contributed by atoms with van der Waals surface area (Å²) in [6, 6.07) is 19.9. The Hall–Kier alpha value is -3.85. The number of amides is 2. The van der Waals surface area contributed by atoms with Crippen molar-refractivity contribution in [2.75, 3.05) is 24.5 Å². The molecular formula is C30H37N3O5S. The van der Waals surface area contributed by atoms with Crippen LogP contribution in [0.15, 0.2) is 77.7 Å². The molecule has 0 saturated carbocycles. The summed E-state index contributed by atoms with van der Waals surface area (Å²) in [6.45, 7) is 7.48. The molecule has 0 heterocycles. The minimum absolute atomic E-state index is 0.0422. The normalized spacial score (nSPS) is 11.9. The number of ether oxygens (including phenoxy) is 1. The monoisotopic (exact) mass is 551 g/mol. The molecule has 0 fully saturated rings. The van der Waals surface area contributed by atoms with Gasteiger partial charge in [-0.15, -0.1) is 0 Å². The van der Waals surface area contributed by atoms with E-state index in [-0.39, 0.29) is 23.0 Å². The highest BCUT2D eigenvalue weighted by Gasteiger charge is 2.34. The molecule has 3 rings (SSSR count). The average Bonchev–Trinajstić information content (AvgIpc) is 2.94. The summed E-state index contributed by atoms with van der Waals surface area (Å²) >= 11 is 0. The molecule has 9 heteroatoms. The summed E-state index contributed by atoms with van der Waals surface area (Å²) in [5.41, 5.74) is 2.88. The highest BCUT2D eigenvalue weighted by molar-refractivity contribution is 7.92. The van der Waals surface area contributed by atoms with Crippen LogP contribution in [0.1, 0.15) is 37.0 Å². The minimum atomic E-state index is -4.17. The van der Waals surface area contributed by atoms with E-state index >= 15 is 0 Å². The zero-order valence-electron chi connectivity index (χ0n) is 23.2. The van der Waals surface area contributed by atoms with Gasteiger partial charge in [-0.1, -0.05) is 55.5 Å². The molecule has 0 aliphatic heterocycles. The van der Waals surface area contributed by atoms with Crippen molar-refractivity contribution in [2.24, 2.45) is 0 Å². The molecule has 3 aromatic carbocycles. The van der Waals surface area contributed by atoms with Crippen LogP contribution in [-0.2, 0) is 26.2 Å². The number of hydrogen-bond donors (Lipinski definition) is 1. The third-order valence-corrected chi connectivity index (χ3v) is 8.31. The Morgan fingerprint density at radius 1 is 0.974 bits per heavy atom. The second kappa shape index (κ2) is 13.3. The fourth-order valence-corrected chi connectivity index (χ4v) is 5.62. The second-order valence-corrected chi connectivity index (χ2v) is 11.3. The van der Waals surface area contributed by atoms with Gasteiger partial charge in [0.05, 0.1) is 17.7 Å². The van der Waals surface area contributed by atoms with Crippen LogP contribution in [0.3, 0.4) is 0 Å². The van der Waals surface area contributed by atoms with E-state index in [1.54, 1.807) is 37.3 Å². The third kappa shape index (κ3) is 7.17. The van der Waals surface area contributed by atoms with Gasteiger partial charge in [0.15, 0.2) is 0 Å². The first-order valence-electron chi connectivity index (χ1n) is 12.9. The number of nitrogens with zero attached hydrogens (tertiary/aromatic N) is 2. The number of carbonyl (C=O) groups is 2. The van der Waals surface area contributed by atoms with Crippen LogP contribution >= 0.6 is 0 Å². The van der Waals surface area contributed by atoms with Crippen molar-refractivity contribution in [1.82, 2.24) is 10.2 Å². The van der Waals surface area contributed by atoms with Crippen LogP contribution in [0.2, 0.25) is 0 Å². The molecular weight excluding hydrogens is 514 g/mol. The molecule has 0 aliphatic rings. The maximum absolute atomic E-state index is 14.0. The molecule has 2 amide bonds. The van der Waals surface area contributed by atoms with Crippen LogP contribution in [-0.4, -0.2) is 51.4 Å². The Kier molecular flexibility index (Phi) is 10.1. The lowest BCUT2D eigenvalue weighted by molar-refractivity contribution is -0.139. The lowest BCUT2D eigenvalue weighted by Crippen LogP contribution is -2.51. The molecule has 0 unspecified atom stereocenters. The summed E-state index contributed by atoms with van der Waals surface area (Å²) in [4.78, 5) is 28.5. The summed E-state index contributed by atoms with van der Waals surface area (Å²) in [7, 11) is -2.72. The van der Waals surface area contributed by atoms with Gasteiger partial charge in [0, 0.05) is 13.1 Å². The van der Waals surface area contributed by atoms with Gasteiger partial charge in [-0.2, -0.15) is 0 Å². The Balaban J connectivity index is 2.09.